The topological polar surface area (TPSA) is 73.8 Å². The molecule has 1 fully saturated rings. The summed E-state index contributed by atoms with van der Waals surface area (Å²) in [5.74, 6) is 1.60. The summed E-state index contributed by atoms with van der Waals surface area (Å²) in [6.45, 7) is 6.24. The lowest BCUT2D eigenvalue weighted by molar-refractivity contribution is 0.179. The third kappa shape index (κ3) is 10.1. The van der Waals surface area contributed by atoms with Crippen molar-refractivity contribution in [2.24, 2.45) is 10.9 Å². The molecule has 1 saturated heterocycles. The third-order valence-corrected chi connectivity index (χ3v) is 6.59. The van der Waals surface area contributed by atoms with Crippen LogP contribution < -0.4 is 10.6 Å². The molecule has 2 N–H and O–H groups in total. The number of thiophene rings is 1. The van der Waals surface area contributed by atoms with E-state index in [1.54, 1.807) is 7.05 Å². The Kier molecular flexibility index (Phi) is 11.2. The highest BCUT2D eigenvalue weighted by atomic mass is 127. The zero-order valence-corrected chi connectivity index (χ0v) is 20.4. The molecule has 0 aliphatic carbocycles. The molecule has 0 radical (unpaired) electrons. The molecule has 27 heavy (non-hydrogen) atoms. The summed E-state index contributed by atoms with van der Waals surface area (Å²) in [6, 6.07) is 4.40. The second kappa shape index (κ2) is 12.2. The van der Waals surface area contributed by atoms with Crippen LogP contribution in [0.3, 0.4) is 0 Å². The number of aliphatic imine (C=N–C) groups is 1. The van der Waals surface area contributed by atoms with Crippen LogP contribution in [0.1, 0.15) is 31.1 Å². The molecular weight excluding hydrogens is 495 g/mol. The molecule has 1 aromatic heterocycles. The number of nitrogens with one attached hydrogen (secondary N) is 2. The normalized spacial score (nSPS) is 18.0. The molecule has 1 unspecified atom stereocenters. The molecule has 1 aliphatic heterocycles. The Balaban J connectivity index is 0.00000364. The lowest BCUT2D eigenvalue weighted by Gasteiger charge is -2.32. The molecule has 0 aromatic carbocycles. The van der Waals surface area contributed by atoms with Gasteiger partial charge in [0.2, 0.25) is 0 Å². The van der Waals surface area contributed by atoms with Crippen LogP contribution in [0.2, 0.25) is 0 Å². The summed E-state index contributed by atoms with van der Waals surface area (Å²) < 4.78 is 22.5. The van der Waals surface area contributed by atoms with Crippen LogP contribution >= 0.6 is 35.3 Å². The van der Waals surface area contributed by atoms with Crippen molar-refractivity contribution in [2.45, 2.75) is 38.8 Å². The van der Waals surface area contributed by atoms with Gasteiger partial charge in [0.05, 0.1) is 5.75 Å². The molecule has 1 aromatic rings. The van der Waals surface area contributed by atoms with E-state index in [-0.39, 0.29) is 35.8 Å². The number of hydrogen-bond donors (Lipinski definition) is 2. The molecule has 6 nitrogen and oxygen atoms in total. The molecule has 156 valence electrons. The highest BCUT2D eigenvalue weighted by molar-refractivity contribution is 14.0. The van der Waals surface area contributed by atoms with E-state index in [2.05, 4.69) is 38.0 Å². The van der Waals surface area contributed by atoms with Gasteiger partial charge in [-0.3, -0.25) is 9.89 Å². The summed E-state index contributed by atoms with van der Waals surface area (Å²) in [5.41, 5.74) is 0. The van der Waals surface area contributed by atoms with E-state index in [1.807, 2.05) is 18.3 Å². The van der Waals surface area contributed by atoms with Gasteiger partial charge in [0, 0.05) is 37.3 Å². The molecular formula is C18H33IN4O2S2. The monoisotopic (exact) mass is 528 g/mol. The number of piperidine rings is 1. The standard InChI is InChI=1S/C18H32N4O2S2.HI/c1-15(8-12-26(3,23)24)21-18(19-2)20-13-16-6-9-22(10-7-16)14-17-5-4-11-25-17;/h4-5,11,15-16H,6-10,12-14H2,1-3H3,(H2,19,20,21);1H. The minimum absolute atomic E-state index is 0. The number of halogens is 1. The van der Waals surface area contributed by atoms with Crippen LogP contribution in [0, 0.1) is 5.92 Å². The van der Waals surface area contributed by atoms with Crippen molar-refractivity contribution in [3.05, 3.63) is 22.4 Å². The molecule has 9 heteroatoms. The fourth-order valence-corrected chi connectivity index (χ4v) is 4.63. The van der Waals surface area contributed by atoms with Gasteiger partial charge in [0.25, 0.3) is 0 Å². The highest BCUT2D eigenvalue weighted by Crippen LogP contribution is 2.20. The van der Waals surface area contributed by atoms with Gasteiger partial charge in [-0.15, -0.1) is 35.3 Å². The first kappa shape index (κ1) is 24.6. The molecule has 0 amide bonds. The quantitative estimate of drug-likeness (QED) is 0.308. The van der Waals surface area contributed by atoms with Gasteiger partial charge in [-0.05, 0) is 56.6 Å². The van der Waals surface area contributed by atoms with Gasteiger partial charge in [-0.25, -0.2) is 8.42 Å². The van der Waals surface area contributed by atoms with Crippen LogP contribution in [0.5, 0.6) is 0 Å². The number of rotatable bonds is 8. The molecule has 1 atom stereocenters. The Morgan fingerprint density at radius 1 is 1.41 bits per heavy atom. The zero-order valence-electron chi connectivity index (χ0n) is 16.5. The molecule has 0 bridgehead atoms. The van der Waals surface area contributed by atoms with Crippen LogP contribution in [0.25, 0.3) is 0 Å². The Hall–Kier alpha value is -0.390. The average Bonchev–Trinajstić information content (AvgIpc) is 3.10. The number of nitrogens with zero attached hydrogens (tertiary/aromatic N) is 2. The smallest absolute Gasteiger partial charge is 0.191 e. The third-order valence-electron chi connectivity index (χ3n) is 4.75. The van der Waals surface area contributed by atoms with Crippen LogP contribution in [0.4, 0.5) is 0 Å². The summed E-state index contributed by atoms with van der Waals surface area (Å²) in [7, 11) is -1.17. The summed E-state index contributed by atoms with van der Waals surface area (Å²) in [4.78, 5) is 8.23. The van der Waals surface area contributed by atoms with E-state index in [1.165, 1.54) is 24.0 Å². The lowest BCUT2D eigenvalue weighted by Crippen LogP contribution is -2.45. The Morgan fingerprint density at radius 3 is 2.67 bits per heavy atom. The zero-order chi connectivity index (χ0) is 19.0. The van der Waals surface area contributed by atoms with Crippen molar-refractivity contribution >= 4 is 51.1 Å². The van der Waals surface area contributed by atoms with Gasteiger partial charge < -0.3 is 10.6 Å². The van der Waals surface area contributed by atoms with E-state index in [0.717, 1.165) is 32.1 Å². The summed E-state index contributed by atoms with van der Waals surface area (Å²) in [5, 5.41) is 8.82. The maximum atomic E-state index is 11.3. The van der Waals surface area contributed by atoms with Crippen LogP contribution in [-0.2, 0) is 16.4 Å². The Labute approximate surface area is 185 Å². The predicted octanol–water partition coefficient (Wildman–Crippen LogP) is 2.57. The maximum absolute atomic E-state index is 11.3. The van der Waals surface area contributed by atoms with Crippen LogP contribution in [-0.4, -0.2) is 64.0 Å². The van der Waals surface area contributed by atoms with Crippen LogP contribution in [0.15, 0.2) is 22.5 Å². The van der Waals surface area contributed by atoms with Gasteiger partial charge >= 0.3 is 0 Å². The minimum atomic E-state index is -2.92. The van der Waals surface area contributed by atoms with E-state index in [4.69, 9.17) is 0 Å². The number of sulfone groups is 1. The van der Waals surface area contributed by atoms with Crippen molar-refractivity contribution in [3.63, 3.8) is 0 Å². The first-order valence-electron chi connectivity index (χ1n) is 9.25. The summed E-state index contributed by atoms with van der Waals surface area (Å²) >= 11 is 1.83. The van der Waals surface area contributed by atoms with Crippen molar-refractivity contribution in [3.8, 4) is 0 Å². The number of hydrogen-bond acceptors (Lipinski definition) is 5. The molecule has 2 rings (SSSR count). The Morgan fingerprint density at radius 2 is 2.11 bits per heavy atom. The molecule has 2 heterocycles. The van der Waals surface area contributed by atoms with Gasteiger partial charge in [0.15, 0.2) is 5.96 Å². The lowest BCUT2D eigenvalue weighted by atomic mass is 9.97. The van der Waals surface area contributed by atoms with Crippen molar-refractivity contribution < 1.29 is 8.42 Å². The second-order valence-corrected chi connectivity index (χ2v) is 10.5. The molecule has 0 spiro atoms. The number of likely N-dealkylation sites (tertiary alicyclic amines) is 1. The van der Waals surface area contributed by atoms with E-state index < -0.39 is 9.84 Å². The van der Waals surface area contributed by atoms with Gasteiger partial charge in [-0.2, -0.15) is 0 Å². The Bertz CT molecular complexity index is 657. The van der Waals surface area contributed by atoms with Crippen molar-refractivity contribution in [2.75, 3.05) is 38.7 Å². The molecule has 0 saturated carbocycles. The largest absolute Gasteiger partial charge is 0.356 e. The fourth-order valence-electron chi connectivity index (χ4n) is 3.10. The van der Waals surface area contributed by atoms with Gasteiger partial charge in [0.1, 0.15) is 9.84 Å². The first-order chi connectivity index (χ1) is 12.4. The summed E-state index contributed by atoms with van der Waals surface area (Å²) in [6.07, 6.45) is 4.25. The first-order valence-corrected chi connectivity index (χ1v) is 12.2. The van der Waals surface area contributed by atoms with Crippen molar-refractivity contribution in [1.29, 1.82) is 0 Å². The highest BCUT2D eigenvalue weighted by Gasteiger charge is 2.20. The van der Waals surface area contributed by atoms with Crippen molar-refractivity contribution in [1.82, 2.24) is 15.5 Å². The maximum Gasteiger partial charge on any atom is 0.191 e. The number of guanidine groups is 1. The fraction of sp³-hybridized carbons (Fsp3) is 0.722. The van der Waals surface area contributed by atoms with Gasteiger partial charge in [-0.1, -0.05) is 6.07 Å². The second-order valence-electron chi connectivity index (χ2n) is 7.22. The SMILES string of the molecule is CN=C(NCC1CCN(Cc2cccs2)CC1)NC(C)CCS(C)(=O)=O.I. The average molecular weight is 529 g/mol. The predicted molar refractivity (Wildman–Crippen MR) is 126 cm³/mol. The minimum Gasteiger partial charge on any atom is -0.356 e. The molecule has 1 aliphatic rings. The van der Waals surface area contributed by atoms with E-state index in [0.29, 0.717) is 12.3 Å². The van der Waals surface area contributed by atoms with E-state index >= 15 is 0 Å². The van der Waals surface area contributed by atoms with E-state index in [9.17, 15) is 8.42 Å².